The zero-order valence-electron chi connectivity index (χ0n) is 9.70. The maximum atomic E-state index is 5.78. The van der Waals surface area contributed by atoms with Crippen LogP contribution in [0.15, 0.2) is 24.3 Å². The van der Waals surface area contributed by atoms with E-state index in [1.807, 2.05) is 0 Å². The van der Waals surface area contributed by atoms with Crippen molar-refractivity contribution in [2.75, 3.05) is 6.61 Å². The molecule has 0 aliphatic heterocycles. The molecule has 1 heteroatoms. The molecule has 82 valence electrons. The van der Waals surface area contributed by atoms with Crippen molar-refractivity contribution in [1.82, 2.24) is 0 Å². The summed E-state index contributed by atoms with van der Waals surface area (Å²) >= 11 is 0. The van der Waals surface area contributed by atoms with Gasteiger partial charge in [-0.05, 0) is 36.3 Å². The molecule has 0 aromatic heterocycles. The fourth-order valence-corrected chi connectivity index (χ4v) is 2.21. The van der Waals surface area contributed by atoms with E-state index in [0.717, 1.165) is 30.6 Å². The molecule has 2 rings (SSSR count). The van der Waals surface area contributed by atoms with Gasteiger partial charge in [-0.25, -0.2) is 0 Å². The lowest BCUT2D eigenvalue weighted by atomic mass is 10.1. The number of hydrogen-bond acceptors (Lipinski definition) is 1. The molecule has 0 saturated heterocycles. The van der Waals surface area contributed by atoms with Gasteiger partial charge in [-0.3, -0.25) is 0 Å². The number of para-hydroxylation sites is 1. The topological polar surface area (TPSA) is 9.23 Å². The summed E-state index contributed by atoms with van der Waals surface area (Å²) in [4.78, 5) is 0. The van der Waals surface area contributed by atoms with Crippen molar-refractivity contribution in [3.05, 3.63) is 29.8 Å². The Bertz CT molecular complexity index is 319. The van der Waals surface area contributed by atoms with Crippen molar-refractivity contribution < 1.29 is 4.74 Å². The average molecular weight is 204 g/mol. The van der Waals surface area contributed by atoms with Crippen molar-refractivity contribution in [3.8, 4) is 5.75 Å². The summed E-state index contributed by atoms with van der Waals surface area (Å²) in [5.74, 6) is 2.78. The molecule has 1 nitrogen and oxygen atoms in total. The van der Waals surface area contributed by atoms with Crippen LogP contribution in [-0.4, -0.2) is 6.61 Å². The molecule has 1 fully saturated rings. The van der Waals surface area contributed by atoms with E-state index in [-0.39, 0.29) is 0 Å². The lowest BCUT2D eigenvalue weighted by molar-refractivity contribution is 0.314. The van der Waals surface area contributed by atoms with Crippen LogP contribution in [0, 0.1) is 5.92 Å². The number of rotatable bonds is 5. The molecule has 1 aliphatic rings. The summed E-state index contributed by atoms with van der Waals surface area (Å²) in [5.41, 5.74) is 1.43. The van der Waals surface area contributed by atoms with Gasteiger partial charge in [0.05, 0.1) is 6.61 Å². The van der Waals surface area contributed by atoms with Crippen molar-refractivity contribution in [2.45, 2.75) is 39.0 Å². The third kappa shape index (κ3) is 2.34. The van der Waals surface area contributed by atoms with Gasteiger partial charge in [0, 0.05) is 0 Å². The molecule has 0 radical (unpaired) electrons. The summed E-state index contributed by atoms with van der Waals surface area (Å²) in [5, 5.41) is 0. The van der Waals surface area contributed by atoms with E-state index in [9.17, 15) is 0 Å². The highest BCUT2D eigenvalue weighted by Crippen LogP contribution is 2.51. The van der Waals surface area contributed by atoms with Crippen LogP contribution in [0.25, 0.3) is 0 Å². The van der Waals surface area contributed by atoms with E-state index >= 15 is 0 Å². The van der Waals surface area contributed by atoms with Crippen LogP contribution < -0.4 is 4.74 Å². The summed E-state index contributed by atoms with van der Waals surface area (Å²) in [6.07, 6.45) is 3.73. The lowest BCUT2D eigenvalue weighted by Crippen LogP contribution is -1.98. The normalized spacial score (nSPS) is 23.9. The molecule has 0 spiro atoms. The summed E-state index contributed by atoms with van der Waals surface area (Å²) in [6.45, 7) is 5.26. The molecule has 1 saturated carbocycles. The molecular formula is C14H20O. The molecule has 1 aromatic rings. The van der Waals surface area contributed by atoms with E-state index < -0.39 is 0 Å². The summed E-state index contributed by atoms with van der Waals surface area (Å²) in [7, 11) is 0. The Morgan fingerprint density at radius 1 is 1.27 bits per heavy atom. The minimum Gasteiger partial charge on any atom is -0.493 e. The minimum atomic E-state index is 0.767. The van der Waals surface area contributed by atoms with Gasteiger partial charge in [0.1, 0.15) is 5.75 Å². The molecule has 2 atom stereocenters. The smallest absolute Gasteiger partial charge is 0.122 e. The third-order valence-electron chi connectivity index (χ3n) is 3.23. The molecule has 0 N–H and O–H groups in total. The number of hydrogen-bond donors (Lipinski definition) is 0. The average Bonchev–Trinajstić information content (AvgIpc) is 3.06. The van der Waals surface area contributed by atoms with E-state index in [4.69, 9.17) is 4.74 Å². The van der Waals surface area contributed by atoms with Crippen LogP contribution in [0.3, 0.4) is 0 Å². The fourth-order valence-electron chi connectivity index (χ4n) is 2.21. The Balaban J connectivity index is 2.09. The first-order chi connectivity index (χ1) is 7.36. The lowest BCUT2D eigenvalue weighted by Gasteiger charge is -2.10. The van der Waals surface area contributed by atoms with Gasteiger partial charge < -0.3 is 4.74 Å². The second-order valence-electron chi connectivity index (χ2n) is 4.40. The Hall–Kier alpha value is -0.980. The molecule has 0 heterocycles. The molecule has 1 aliphatic carbocycles. The molecule has 0 unspecified atom stereocenters. The largest absolute Gasteiger partial charge is 0.493 e. The first kappa shape index (κ1) is 10.5. The van der Waals surface area contributed by atoms with Gasteiger partial charge in [-0.15, -0.1) is 0 Å². The van der Waals surface area contributed by atoms with Crippen LogP contribution in [0.1, 0.15) is 44.6 Å². The fraction of sp³-hybridized carbons (Fsp3) is 0.571. The van der Waals surface area contributed by atoms with Gasteiger partial charge in [-0.2, -0.15) is 0 Å². The predicted octanol–water partition coefficient (Wildman–Crippen LogP) is 3.99. The summed E-state index contributed by atoms with van der Waals surface area (Å²) < 4.78 is 5.78. The molecule has 0 amide bonds. The third-order valence-corrected chi connectivity index (χ3v) is 3.23. The number of ether oxygens (including phenoxy) is 1. The maximum absolute atomic E-state index is 5.78. The van der Waals surface area contributed by atoms with Gasteiger partial charge >= 0.3 is 0 Å². The van der Waals surface area contributed by atoms with E-state index in [2.05, 4.69) is 38.1 Å². The highest BCUT2D eigenvalue weighted by Gasteiger charge is 2.38. The van der Waals surface area contributed by atoms with E-state index in [0.29, 0.717) is 0 Å². The molecular weight excluding hydrogens is 184 g/mol. The van der Waals surface area contributed by atoms with E-state index in [1.54, 1.807) is 0 Å². The zero-order valence-corrected chi connectivity index (χ0v) is 9.70. The first-order valence-corrected chi connectivity index (χ1v) is 6.08. The molecule has 1 aromatic carbocycles. The van der Waals surface area contributed by atoms with Crippen LogP contribution in [0.2, 0.25) is 0 Å². The quantitative estimate of drug-likeness (QED) is 0.704. The van der Waals surface area contributed by atoms with Crippen LogP contribution in [-0.2, 0) is 0 Å². The summed E-state index contributed by atoms with van der Waals surface area (Å²) in [6, 6.07) is 8.53. The Morgan fingerprint density at radius 2 is 2.07 bits per heavy atom. The maximum Gasteiger partial charge on any atom is 0.122 e. The predicted molar refractivity (Wildman–Crippen MR) is 63.4 cm³/mol. The van der Waals surface area contributed by atoms with Crippen LogP contribution >= 0.6 is 0 Å². The van der Waals surface area contributed by atoms with E-state index in [1.165, 1.54) is 18.4 Å². The van der Waals surface area contributed by atoms with Crippen LogP contribution in [0.4, 0.5) is 0 Å². The van der Waals surface area contributed by atoms with Crippen molar-refractivity contribution >= 4 is 0 Å². The first-order valence-electron chi connectivity index (χ1n) is 6.08. The zero-order chi connectivity index (χ0) is 10.7. The number of benzene rings is 1. The van der Waals surface area contributed by atoms with Gasteiger partial charge in [0.2, 0.25) is 0 Å². The highest BCUT2D eigenvalue weighted by molar-refractivity contribution is 5.39. The monoisotopic (exact) mass is 204 g/mol. The second kappa shape index (κ2) is 4.69. The van der Waals surface area contributed by atoms with Crippen molar-refractivity contribution in [1.29, 1.82) is 0 Å². The Kier molecular flexibility index (Phi) is 3.30. The SMILES string of the molecule is CCCOc1ccccc1[C@@H]1C[C@@H]1CC. The molecule has 15 heavy (non-hydrogen) atoms. The Morgan fingerprint density at radius 3 is 2.73 bits per heavy atom. The minimum absolute atomic E-state index is 0.767. The van der Waals surface area contributed by atoms with Gasteiger partial charge in [-0.1, -0.05) is 38.5 Å². The van der Waals surface area contributed by atoms with Gasteiger partial charge in [0.25, 0.3) is 0 Å². The standard InChI is InChI=1S/C14H20O/c1-3-9-15-14-8-6-5-7-12(14)13-10-11(13)4-2/h5-8,11,13H,3-4,9-10H2,1-2H3/t11-,13+/m0/s1. The van der Waals surface area contributed by atoms with Crippen LogP contribution in [0.5, 0.6) is 5.75 Å². The van der Waals surface area contributed by atoms with Gasteiger partial charge in [0.15, 0.2) is 0 Å². The van der Waals surface area contributed by atoms with Crippen molar-refractivity contribution in [3.63, 3.8) is 0 Å². The second-order valence-corrected chi connectivity index (χ2v) is 4.40. The van der Waals surface area contributed by atoms with Crippen molar-refractivity contribution in [2.24, 2.45) is 5.92 Å². The molecule has 0 bridgehead atoms. The highest BCUT2D eigenvalue weighted by atomic mass is 16.5. The Labute approximate surface area is 92.5 Å².